The van der Waals surface area contributed by atoms with E-state index in [-0.39, 0.29) is 12.8 Å². The van der Waals surface area contributed by atoms with Crippen LogP contribution < -0.4 is 43.4 Å². The maximum Gasteiger partial charge on any atom is 0.326 e. The summed E-state index contributed by atoms with van der Waals surface area (Å²) in [6.45, 7) is 3.27. The third-order valence-corrected chi connectivity index (χ3v) is 8.53. The summed E-state index contributed by atoms with van der Waals surface area (Å²) < 4.78 is 0. The Morgan fingerprint density at radius 1 is 0.811 bits per heavy atom. The molecule has 0 radical (unpaired) electrons. The Kier molecular flexibility index (Phi) is 18.3. The Morgan fingerprint density at radius 3 is 2.04 bits per heavy atom. The van der Waals surface area contributed by atoms with Crippen LogP contribution >= 0.6 is 0 Å². The van der Waals surface area contributed by atoms with Gasteiger partial charge in [-0.2, -0.15) is 0 Å². The molecule has 294 valence electrons. The molecular weight excluding hydrogens is 694 g/mol. The number of unbranched alkanes of at least 4 members (excludes halogenated alkanes) is 1. The molecule has 2 rings (SSSR count). The van der Waals surface area contributed by atoms with Crippen LogP contribution in [-0.2, 0) is 44.8 Å². The largest absolute Gasteiger partial charge is 0.480 e. The number of aliphatic hydroxyl groups excluding tert-OH is 1. The Morgan fingerprint density at radius 2 is 1.42 bits per heavy atom. The molecule has 1 fully saturated rings. The highest BCUT2D eigenvalue weighted by atomic mass is 16.4. The van der Waals surface area contributed by atoms with E-state index < -0.39 is 103 Å². The van der Waals surface area contributed by atoms with Crippen LogP contribution in [0.3, 0.4) is 0 Å². The topological polar surface area (TPSA) is 304 Å². The average molecular weight is 748 g/mol. The highest BCUT2D eigenvalue weighted by molar-refractivity contribution is 5.97. The van der Waals surface area contributed by atoms with Gasteiger partial charge in [0.05, 0.1) is 19.2 Å². The van der Waals surface area contributed by atoms with Crippen molar-refractivity contribution in [3.8, 4) is 0 Å². The zero-order valence-electron chi connectivity index (χ0n) is 30.3. The Hall–Kier alpha value is -5.14. The van der Waals surface area contributed by atoms with Gasteiger partial charge in [0.25, 0.3) is 0 Å². The molecule has 0 bridgehead atoms. The SMILES string of the molecule is C[C@H](NC(=O)[C@H](C)NC(=O)[C@H](CO)NC(=O)[C@H](C)NC(=O)[C@@H]1CCCN1C(=O)[C@@H](N)Cc1ccccc1)C(=O)NCC(=O)N[C@@H](CCCCN)C(=O)O. The summed E-state index contributed by atoms with van der Waals surface area (Å²) in [5.74, 6) is -6.28. The van der Waals surface area contributed by atoms with E-state index in [0.29, 0.717) is 38.8 Å². The minimum absolute atomic E-state index is 0.160. The molecule has 0 spiro atoms. The Bertz CT molecular complexity index is 1450. The number of aliphatic hydroxyl groups is 1. The maximum atomic E-state index is 13.1. The molecule has 1 aliphatic rings. The molecule has 1 aromatic carbocycles. The Labute approximate surface area is 307 Å². The van der Waals surface area contributed by atoms with Crippen molar-refractivity contribution in [3.63, 3.8) is 0 Å². The fourth-order valence-corrected chi connectivity index (χ4v) is 5.44. The number of benzene rings is 1. The lowest BCUT2D eigenvalue weighted by atomic mass is 10.1. The molecule has 1 aromatic rings. The van der Waals surface area contributed by atoms with Crippen molar-refractivity contribution in [1.82, 2.24) is 36.8 Å². The van der Waals surface area contributed by atoms with Gasteiger partial charge in [-0.25, -0.2) is 4.79 Å². The summed E-state index contributed by atoms with van der Waals surface area (Å²) in [6, 6.07) is 1.24. The number of amides is 7. The third kappa shape index (κ3) is 14.4. The second kappa shape index (κ2) is 22.0. The van der Waals surface area contributed by atoms with E-state index >= 15 is 0 Å². The minimum Gasteiger partial charge on any atom is -0.480 e. The number of carboxylic acid groups (broad SMARTS) is 1. The summed E-state index contributed by atoms with van der Waals surface area (Å²) in [5, 5.41) is 33.2. The maximum absolute atomic E-state index is 13.1. The van der Waals surface area contributed by atoms with Crippen LogP contribution in [0, 0.1) is 0 Å². The number of nitrogens with two attached hydrogens (primary N) is 2. The van der Waals surface area contributed by atoms with Crippen molar-refractivity contribution >= 4 is 47.3 Å². The molecule has 7 atom stereocenters. The minimum atomic E-state index is -1.51. The summed E-state index contributed by atoms with van der Waals surface area (Å²) in [4.78, 5) is 102. The number of carboxylic acids is 1. The molecule has 0 unspecified atom stereocenters. The van der Waals surface area contributed by atoms with E-state index in [4.69, 9.17) is 11.5 Å². The summed E-state index contributed by atoms with van der Waals surface area (Å²) in [5.41, 5.74) is 12.4. The van der Waals surface area contributed by atoms with Gasteiger partial charge in [0.2, 0.25) is 41.4 Å². The van der Waals surface area contributed by atoms with Crippen LogP contribution in [0.15, 0.2) is 30.3 Å². The van der Waals surface area contributed by atoms with Crippen molar-refractivity contribution in [2.75, 3.05) is 26.2 Å². The molecule has 1 heterocycles. The standard InChI is InChI=1S/C34H53N9O10/c1-19(28(46)37-17-27(45)41-24(34(52)53)12-7-8-14-35)38-29(47)20(2)39-31(49)25(18-44)42-30(48)21(3)40-32(50)26-13-9-15-43(26)33(51)23(36)16-22-10-5-4-6-11-22/h4-6,10-11,19-21,23-26,44H,7-9,12-18,35-36H2,1-3H3,(H,37,46)(H,38,47)(H,39,49)(H,40,50)(H,41,45)(H,42,48)(H,52,53)/t19-,20-,21-,23-,24-,25-,26-/m0/s1. The highest BCUT2D eigenvalue weighted by Crippen LogP contribution is 2.19. The van der Waals surface area contributed by atoms with Gasteiger partial charge < -0.3 is 58.5 Å². The van der Waals surface area contributed by atoms with Crippen molar-refractivity contribution in [2.45, 2.75) is 102 Å². The molecule has 7 amide bonds. The van der Waals surface area contributed by atoms with E-state index in [1.165, 1.54) is 25.7 Å². The van der Waals surface area contributed by atoms with Gasteiger partial charge in [0.1, 0.15) is 36.3 Å². The zero-order chi connectivity index (χ0) is 39.7. The third-order valence-electron chi connectivity index (χ3n) is 8.53. The first-order valence-electron chi connectivity index (χ1n) is 17.5. The van der Waals surface area contributed by atoms with Crippen molar-refractivity contribution in [2.24, 2.45) is 11.5 Å². The number of nitrogens with zero attached hydrogens (tertiary/aromatic N) is 1. The summed E-state index contributed by atoms with van der Waals surface area (Å²) in [7, 11) is 0. The number of nitrogens with one attached hydrogen (secondary N) is 6. The smallest absolute Gasteiger partial charge is 0.326 e. The van der Waals surface area contributed by atoms with Gasteiger partial charge in [-0.1, -0.05) is 30.3 Å². The van der Waals surface area contributed by atoms with Crippen molar-refractivity contribution < 1.29 is 48.6 Å². The fraction of sp³-hybridized carbons (Fsp3) is 0.588. The lowest BCUT2D eigenvalue weighted by Gasteiger charge is -2.28. The second-order valence-electron chi connectivity index (χ2n) is 12.9. The van der Waals surface area contributed by atoms with Crippen LogP contribution in [0.1, 0.15) is 58.4 Å². The first-order valence-corrected chi connectivity index (χ1v) is 17.5. The van der Waals surface area contributed by atoms with Gasteiger partial charge in [0.15, 0.2) is 0 Å². The van der Waals surface area contributed by atoms with E-state index in [9.17, 15) is 48.6 Å². The van der Waals surface area contributed by atoms with Crippen LogP contribution in [0.25, 0.3) is 0 Å². The van der Waals surface area contributed by atoms with Gasteiger partial charge in [0, 0.05) is 6.54 Å². The number of carbonyl (C=O) groups is 8. The number of rotatable bonds is 21. The van der Waals surface area contributed by atoms with Gasteiger partial charge in [-0.15, -0.1) is 0 Å². The number of hydrogen-bond acceptors (Lipinski definition) is 11. The predicted molar refractivity (Wildman–Crippen MR) is 190 cm³/mol. The van der Waals surface area contributed by atoms with Crippen LogP contribution in [-0.4, -0.2) is 131 Å². The van der Waals surface area contributed by atoms with E-state index in [0.717, 1.165) is 5.56 Å². The first-order chi connectivity index (χ1) is 25.1. The predicted octanol–water partition coefficient (Wildman–Crippen LogP) is -3.65. The molecule has 19 nitrogen and oxygen atoms in total. The number of carbonyl (C=O) groups excluding carboxylic acids is 7. The molecular formula is C34H53N9O10. The number of aliphatic carboxylic acids is 1. The number of likely N-dealkylation sites (tertiary alicyclic amines) is 1. The lowest BCUT2D eigenvalue weighted by Crippen LogP contribution is -2.59. The van der Waals surface area contributed by atoms with Gasteiger partial charge in [-0.05, 0) is 71.4 Å². The van der Waals surface area contributed by atoms with Crippen molar-refractivity contribution in [1.29, 1.82) is 0 Å². The fourth-order valence-electron chi connectivity index (χ4n) is 5.44. The summed E-state index contributed by atoms with van der Waals surface area (Å²) in [6.07, 6.45) is 2.44. The highest BCUT2D eigenvalue weighted by Gasteiger charge is 2.37. The van der Waals surface area contributed by atoms with Gasteiger partial charge in [-0.3, -0.25) is 33.6 Å². The normalized spacial score (nSPS) is 17.2. The Balaban J connectivity index is 1.83. The molecule has 0 saturated carbocycles. The van der Waals surface area contributed by atoms with Crippen molar-refractivity contribution in [3.05, 3.63) is 35.9 Å². The lowest BCUT2D eigenvalue weighted by molar-refractivity contribution is -0.142. The molecule has 0 aliphatic carbocycles. The van der Waals surface area contributed by atoms with Crippen LogP contribution in [0.4, 0.5) is 0 Å². The number of hydrogen-bond donors (Lipinski definition) is 10. The van der Waals surface area contributed by atoms with Crippen LogP contribution in [0.2, 0.25) is 0 Å². The zero-order valence-corrected chi connectivity index (χ0v) is 30.3. The van der Waals surface area contributed by atoms with Gasteiger partial charge >= 0.3 is 5.97 Å². The quantitative estimate of drug-likeness (QED) is 0.0545. The molecule has 19 heteroatoms. The van der Waals surface area contributed by atoms with Crippen LogP contribution in [0.5, 0.6) is 0 Å². The van der Waals surface area contributed by atoms with E-state index in [2.05, 4.69) is 31.9 Å². The summed E-state index contributed by atoms with van der Waals surface area (Å²) >= 11 is 0. The molecule has 1 saturated heterocycles. The van der Waals surface area contributed by atoms with E-state index in [1.807, 2.05) is 30.3 Å². The molecule has 12 N–H and O–H groups in total. The average Bonchev–Trinajstić information content (AvgIpc) is 3.62. The van der Waals surface area contributed by atoms with E-state index in [1.54, 1.807) is 0 Å². The second-order valence-corrected chi connectivity index (χ2v) is 12.9. The molecule has 0 aromatic heterocycles. The molecule has 53 heavy (non-hydrogen) atoms. The monoisotopic (exact) mass is 747 g/mol. The first kappa shape index (κ1) is 44.0. The molecule has 1 aliphatic heterocycles.